The molecule has 4 heterocycles. The molecule has 2 saturated heterocycles. The molecule has 2 aromatic rings. The van der Waals surface area contributed by atoms with Crippen LogP contribution in [0.15, 0.2) is 24.3 Å². The summed E-state index contributed by atoms with van der Waals surface area (Å²) in [7, 11) is 1.41. The molecule has 6 heteroatoms. The normalized spacial score (nSPS) is 34.5. The first-order valence-electron chi connectivity index (χ1n) is 9.71. The average molecular weight is 368 g/mol. The maximum Gasteiger partial charge on any atom is 0.319 e. The number of H-pyrrole nitrogens is 1. The van der Waals surface area contributed by atoms with Crippen LogP contribution in [0.1, 0.15) is 43.5 Å². The van der Waals surface area contributed by atoms with Crippen LogP contribution in [0.3, 0.4) is 0 Å². The quantitative estimate of drug-likeness (QED) is 0.797. The molecule has 5 atom stereocenters. The minimum atomic E-state index is -0.946. The van der Waals surface area contributed by atoms with Gasteiger partial charge < -0.3 is 19.7 Å². The average Bonchev–Trinajstić information content (AvgIpc) is 3.05. The molecule has 1 unspecified atom stereocenters. The number of nitrogens with zero attached hydrogens (tertiary/aromatic N) is 1. The first-order chi connectivity index (χ1) is 13.0. The molecule has 4 bridgehead atoms. The van der Waals surface area contributed by atoms with Gasteiger partial charge in [-0.2, -0.15) is 0 Å². The summed E-state index contributed by atoms with van der Waals surface area (Å²) >= 11 is 0. The Balaban J connectivity index is 1.86. The van der Waals surface area contributed by atoms with Gasteiger partial charge in [0.05, 0.1) is 25.8 Å². The molecule has 1 aromatic carbocycles. The zero-order valence-corrected chi connectivity index (χ0v) is 15.6. The van der Waals surface area contributed by atoms with E-state index in [4.69, 9.17) is 4.74 Å². The van der Waals surface area contributed by atoms with Crippen LogP contribution in [0.2, 0.25) is 0 Å². The highest BCUT2D eigenvalue weighted by molar-refractivity contribution is 5.95. The molecular weight excluding hydrogens is 344 g/mol. The minimum absolute atomic E-state index is 0.0673. The first kappa shape index (κ1) is 16.8. The molecule has 3 aliphatic heterocycles. The summed E-state index contributed by atoms with van der Waals surface area (Å²) in [6.45, 7) is 2.33. The van der Waals surface area contributed by atoms with Crippen molar-refractivity contribution in [3.63, 3.8) is 0 Å². The number of aliphatic hydroxyl groups is 1. The molecule has 27 heavy (non-hydrogen) atoms. The van der Waals surface area contributed by atoms with Gasteiger partial charge >= 0.3 is 5.97 Å². The second kappa shape index (κ2) is 5.58. The third-order valence-electron chi connectivity index (χ3n) is 7.04. The number of ether oxygens (including phenoxy) is 1. The number of nitrogens with one attached hydrogen (secondary N) is 1. The summed E-state index contributed by atoms with van der Waals surface area (Å²) in [6, 6.07) is 7.50. The lowest BCUT2D eigenvalue weighted by molar-refractivity contribution is -0.174. The molecule has 6 rings (SSSR count). The minimum Gasteiger partial charge on any atom is -0.468 e. The standard InChI is InChI=1S/C21H24N2O4/c1-3-11-8-12-9-21(20(26)27-2)17-16(13-6-4-5-7-14(13)22-17)15(24)10-23(18(11)21)19(12)25/h4-7,11-12,15,18,22,24H,3,8-10H2,1-2H3/t11-,12+,15?,18-,21+/m0/s1. The van der Waals surface area contributed by atoms with E-state index in [9.17, 15) is 14.7 Å². The van der Waals surface area contributed by atoms with Crippen molar-refractivity contribution >= 4 is 22.8 Å². The molecule has 1 saturated carbocycles. The number of esters is 1. The van der Waals surface area contributed by atoms with Gasteiger partial charge in [-0.05, 0) is 24.8 Å². The monoisotopic (exact) mass is 368 g/mol. The largest absolute Gasteiger partial charge is 0.468 e. The fourth-order valence-electron chi connectivity index (χ4n) is 6.04. The van der Waals surface area contributed by atoms with Crippen molar-refractivity contribution in [2.24, 2.45) is 11.8 Å². The van der Waals surface area contributed by atoms with Crippen LogP contribution in [0.5, 0.6) is 0 Å². The summed E-state index contributed by atoms with van der Waals surface area (Å²) in [6.07, 6.45) is 1.31. The van der Waals surface area contributed by atoms with E-state index < -0.39 is 11.5 Å². The van der Waals surface area contributed by atoms with Crippen LogP contribution >= 0.6 is 0 Å². The van der Waals surface area contributed by atoms with Crippen LogP contribution in [0.25, 0.3) is 10.9 Å². The number of methoxy groups -OCH3 is 1. The van der Waals surface area contributed by atoms with Gasteiger partial charge in [-0.15, -0.1) is 0 Å². The lowest BCUT2D eigenvalue weighted by Crippen LogP contribution is -2.69. The van der Waals surface area contributed by atoms with Crippen LogP contribution in [-0.4, -0.2) is 46.6 Å². The van der Waals surface area contributed by atoms with Crippen molar-refractivity contribution in [2.45, 2.75) is 43.7 Å². The number of hydrogen-bond donors (Lipinski definition) is 2. The Morgan fingerprint density at radius 3 is 2.93 bits per heavy atom. The number of rotatable bonds is 2. The lowest BCUT2D eigenvalue weighted by atomic mass is 9.56. The van der Waals surface area contributed by atoms with E-state index in [1.165, 1.54) is 7.11 Å². The van der Waals surface area contributed by atoms with Gasteiger partial charge in [0.1, 0.15) is 5.41 Å². The van der Waals surface area contributed by atoms with Gasteiger partial charge in [0.25, 0.3) is 0 Å². The van der Waals surface area contributed by atoms with Crippen molar-refractivity contribution in [1.82, 2.24) is 9.88 Å². The summed E-state index contributed by atoms with van der Waals surface area (Å²) < 4.78 is 5.31. The molecule has 1 amide bonds. The Hall–Kier alpha value is -2.34. The Morgan fingerprint density at radius 2 is 2.19 bits per heavy atom. The molecule has 1 aromatic heterocycles. The topological polar surface area (TPSA) is 82.6 Å². The van der Waals surface area contributed by atoms with E-state index in [1.807, 2.05) is 24.3 Å². The van der Waals surface area contributed by atoms with Crippen LogP contribution < -0.4 is 0 Å². The zero-order valence-electron chi connectivity index (χ0n) is 15.6. The van der Waals surface area contributed by atoms with E-state index in [0.29, 0.717) is 6.42 Å². The number of piperidine rings is 2. The third kappa shape index (κ3) is 1.94. The molecule has 3 fully saturated rings. The predicted molar refractivity (Wildman–Crippen MR) is 99.0 cm³/mol. The highest BCUT2D eigenvalue weighted by Gasteiger charge is 2.66. The lowest BCUT2D eigenvalue weighted by Gasteiger charge is -2.57. The van der Waals surface area contributed by atoms with E-state index in [0.717, 1.165) is 35.0 Å². The van der Waals surface area contributed by atoms with Crippen LogP contribution in [0.4, 0.5) is 0 Å². The maximum atomic E-state index is 13.3. The summed E-state index contributed by atoms with van der Waals surface area (Å²) in [5.74, 6) is -0.235. The Morgan fingerprint density at radius 1 is 1.41 bits per heavy atom. The SMILES string of the molecule is CC[C@H]1C[C@@H]2C[C@@]3(C(=O)OC)c4[nH]c5ccccc5c4C(O)CN(C2=O)[C@@H]13. The maximum absolute atomic E-state index is 13.3. The first-order valence-corrected chi connectivity index (χ1v) is 9.71. The number of aliphatic hydroxyl groups excluding tert-OH is 1. The van der Waals surface area contributed by atoms with Crippen molar-refractivity contribution < 1.29 is 19.4 Å². The molecule has 0 radical (unpaired) electrons. The predicted octanol–water partition coefficient (Wildman–Crippen LogP) is 2.27. The van der Waals surface area contributed by atoms with Gasteiger partial charge in [-0.1, -0.05) is 31.5 Å². The van der Waals surface area contributed by atoms with Gasteiger partial charge in [-0.3, -0.25) is 9.59 Å². The van der Waals surface area contributed by atoms with Gasteiger partial charge in [0.15, 0.2) is 0 Å². The summed E-state index contributed by atoms with van der Waals surface area (Å²) in [5, 5.41) is 12.0. The number of benzene rings is 1. The fourth-order valence-corrected chi connectivity index (χ4v) is 6.04. The molecule has 1 aliphatic carbocycles. The van der Waals surface area contributed by atoms with Crippen molar-refractivity contribution in [3.05, 3.63) is 35.5 Å². The van der Waals surface area contributed by atoms with Gasteiger partial charge in [-0.25, -0.2) is 0 Å². The number of aromatic nitrogens is 1. The highest BCUT2D eigenvalue weighted by Crippen LogP contribution is 2.57. The van der Waals surface area contributed by atoms with Crippen molar-refractivity contribution in [2.75, 3.05) is 13.7 Å². The van der Waals surface area contributed by atoms with Crippen molar-refractivity contribution in [1.29, 1.82) is 0 Å². The zero-order chi connectivity index (χ0) is 18.9. The number of fused-ring (bicyclic) bond motifs is 4. The second-order valence-electron chi connectivity index (χ2n) is 8.18. The number of hydrogen-bond acceptors (Lipinski definition) is 4. The van der Waals surface area contributed by atoms with E-state index in [-0.39, 0.29) is 36.3 Å². The number of aromatic amines is 1. The summed E-state index contributed by atoms with van der Waals surface area (Å²) in [4.78, 5) is 31.5. The van der Waals surface area contributed by atoms with Crippen molar-refractivity contribution in [3.8, 4) is 0 Å². The fraction of sp³-hybridized carbons (Fsp3) is 0.524. The Labute approximate surface area is 157 Å². The molecule has 4 aliphatic rings. The summed E-state index contributed by atoms with van der Waals surface area (Å²) in [5.41, 5.74) is 1.44. The highest BCUT2D eigenvalue weighted by atomic mass is 16.5. The Bertz CT molecular complexity index is 951. The van der Waals surface area contributed by atoms with Crippen LogP contribution in [-0.2, 0) is 19.7 Å². The van der Waals surface area contributed by atoms with Crippen LogP contribution in [0, 0.1) is 11.8 Å². The number of amides is 1. The molecule has 6 nitrogen and oxygen atoms in total. The molecule has 142 valence electrons. The Kier molecular flexibility index (Phi) is 3.47. The molecule has 2 N–H and O–H groups in total. The smallest absolute Gasteiger partial charge is 0.319 e. The van der Waals surface area contributed by atoms with E-state index in [2.05, 4.69) is 11.9 Å². The second-order valence-corrected chi connectivity index (χ2v) is 8.18. The number of para-hydroxylation sites is 1. The third-order valence-corrected chi connectivity index (χ3v) is 7.04. The van der Waals surface area contributed by atoms with Gasteiger partial charge in [0.2, 0.25) is 5.91 Å². The number of carbonyl (C=O) groups is 2. The van der Waals surface area contributed by atoms with E-state index >= 15 is 0 Å². The molecule has 0 spiro atoms. The van der Waals surface area contributed by atoms with E-state index in [1.54, 1.807) is 4.90 Å². The van der Waals surface area contributed by atoms with Gasteiger partial charge in [0, 0.05) is 28.1 Å². The molecular formula is C21H24N2O4. The number of carbonyl (C=O) groups excluding carboxylic acids is 2.